The minimum Gasteiger partial charge on any atom is -0.357 e. The molecule has 31 heavy (non-hydrogen) atoms. The normalized spacial score (nSPS) is 13.7. The van der Waals surface area contributed by atoms with Crippen molar-refractivity contribution in [3.05, 3.63) is 69.7 Å². The van der Waals surface area contributed by atoms with Crippen LogP contribution in [0.2, 0.25) is 0 Å². The smallest absolute Gasteiger partial charge is 0.261 e. The lowest BCUT2D eigenvalue weighted by atomic mass is 10.1. The molecule has 0 spiro atoms. The number of fused-ring (bicyclic) bond motifs is 1. The average molecular weight is 486 g/mol. The summed E-state index contributed by atoms with van der Waals surface area (Å²) in [7, 11) is 1.53. The highest BCUT2D eigenvalue weighted by Crippen LogP contribution is 2.23. The van der Waals surface area contributed by atoms with Crippen LogP contribution in [0.3, 0.4) is 0 Å². The first kappa shape index (κ1) is 22.7. The molecular weight excluding hydrogens is 462 g/mol. The summed E-state index contributed by atoms with van der Waals surface area (Å²) in [6.45, 7) is 2.11. The number of nitrogens with one attached hydrogen (secondary N) is 1. The van der Waals surface area contributed by atoms with Crippen LogP contribution in [-0.2, 0) is 16.1 Å². The first-order chi connectivity index (χ1) is 14.8. The Kier molecular flexibility index (Phi) is 7.22. The van der Waals surface area contributed by atoms with Gasteiger partial charge in [0.15, 0.2) is 0 Å². The molecule has 1 atom stereocenters. The SMILES string of the molecule is CNC(=O)C(C)N(Cc1cccc(Br)c1)C(=O)CCCN1C(=O)c2ccccc2C1=O. The number of hydrogen-bond donors (Lipinski definition) is 1. The fraction of sp³-hybridized carbons (Fsp3) is 0.304. The molecule has 1 heterocycles. The molecule has 7 nitrogen and oxygen atoms in total. The van der Waals surface area contributed by atoms with Crippen molar-refractivity contribution in [3.63, 3.8) is 0 Å². The van der Waals surface area contributed by atoms with E-state index in [1.54, 1.807) is 31.2 Å². The quantitative estimate of drug-likeness (QED) is 0.582. The second kappa shape index (κ2) is 9.87. The summed E-state index contributed by atoms with van der Waals surface area (Å²) in [4.78, 5) is 52.8. The molecule has 0 radical (unpaired) electrons. The highest BCUT2D eigenvalue weighted by Gasteiger charge is 2.35. The van der Waals surface area contributed by atoms with E-state index in [9.17, 15) is 19.2 Å². The van der Waals surface area contributed by atoms with Crippen molar-refractivity contribution < 1.29 is 19.2 Å². The maximum atomic E-state index is 13.0. The number of nitrogens with zero attached hydrogens (tertiary/aromatic N) is 2. The predicted molar refractivity (Wildman–Crippen MR) is 119 cm³/mol. The lowest BCUT2D eigenvalue weighted by molar-refractivity contribution is -0.140. The third kappa shape index (κ3) is 5.02. The molecule has 1 aliphatic rings. The molecule has 4 amide bonds. The highest BCUT2D eigenvalue weighted by atomic mass is 79.9. The van der Waals surface area contributed by atoms with Crippen molar-refractivity contribution in [2.45, 2.75) is 32.4 Å². The van der Waals surface area contributed by atoms with E-state index in [1.807, 2.05) is 24.3 Å². The summed E-state index contributed by atoms with van der Waals surface area (Å²) >= 11 is 3.42. The Morgan fingerprint density at radius 1 is 1.06 bits per heavy atom. The van der Waals surface area contributed by atoms with E-state index < -0.39 is 6.04 Å². The Morgan fingerprint density at radius 3 is 2.29 bits per heavy atom. The van der Waals surface area contributed by atoms with E-state index in [2.05, 4.69) is 21.2 Å². The third-order valence-electron chi connectivity index (χ3n) is 5.31. The van der Waals surface area contributed by atoms with Gasteiger partial charge in [-0.25, -0.2) is 0 Å². The molecule has 0 aliphatic carbocycles. The zero-order chi connectivity index (χ0) is 22.5. The van der Waals surface area contributed by atoms with E-state index in [1.165, 1.54) is 16.8 Å². The highest BCUT2D eigenvalue weighted by molar-refractivity contribution is 9.10. The number of carbonyl (C=O) groups is 4. The first-order valence-electron chi connectivity index (χ1n) is 10.0. The van der Waals surface area contributed by atoms with Crippen LogP contribution in [0.5, 0.6) is 0 Å². The van der Waals surface area contributed by atoms with Gasteiger partial charge in [-0.2, -0.15) is 0 Å². The number of hydrogen-bond acceptors (Lipinski definition) is 4. The molecule has 1 N–H and O–H groups in total. The van der Waals surface area contributed by atoms with Gasteiger partial charge in [-0.3, -0.25) is 24.1 Å². The topological polar surface area (TPSA) is 86.8 Å². The molecule has 0 aromatic heterocycles. The van der Waals surface area contributed by atoms with Gasteiger partial charge >= 0.3 is 0 Å². The monoisotopic (exact) mass is 485 g/mol. The minimum atomic E-state index is -0.657. The Labute approximate surface area is 189 Å². The molecule has 1 unspecified atom stereocenters. The van der Waals surface area contributed by atoms with Crippen molar-refractivity contribution in [2.75, 3.05) is 13.6 Å². The van der Waals surface area contributed by atoms with Gasteiger partial charge in [0.1, 0.15) is 6.04 Å². The molecule has 0 saturated heterocycles. The summed E-state index contributed by atoms with van der Waals surface area (Å²) in [5.74, 6) is -1.15. The van der Waals surface area contributed by atoms with E-state index >= 15 is 0 Å². The second-order valence-electron chi connectivity index (χ2n) is 7.35. The minimum absolute atomic E-state index is 0.114. The molecule has 0 bridgehead atoms. The maximum Gasteiger partial charge on any atom is 0.261 e. The van der Waals surface area contributed by atoms with E-state index in [0.717, 1.165) is 10.0 Å². The van der Waals surface area contributed by atoms with Crippen LogP contribution >= 0.6 is 15.9 Å². The van der Waals surface area contributed by atoms with Crippen molar-refractivity contribution >= 4 is 39.6 Å². The van der Waals surface area contributed by atoms with Crippen molar-refractivity contribution in [1.29, 1.82) is 0 Å². The Bertz CT molecular complexity index is 988. The molecule has 0 fully saturated rings. The zero-order valence-electron chi connectivity index (χ0n) is 17.4. The average Bonchev–Trinajstić information content (AvgIpc) is 3.01. The van der Waals surface area contributed by atoms with Gasteiger partial charge in [0, 0.05) is 31.0 Å². The molecule has 2 aromatic rings. The summed E-state index contributed by atoms with van der Waals surface area (Å²) in [6, 6.07) is 13.6. The predicted octanol–water partition coefficient (Wildman–Crippen LogP) is 2.99. The lowest BCUT2D eigenvalue weighted by Crippen LogP contribution is -2.46. The molecule has 2 aromatic carbocycles. The van der Waals surface area contributed by atoms with Crippen molar-refractivity contribution in [3.8, 4) is 0 Å². The number of imide groups is 1. The number of benzene rings is 2. The summed E-state index contributed by atoms with van der Waals surface area (Å²) in [5, 5.41) is 2.58. The Hall–Kier alpha value is -3.00. The van der Waals surface area contributed by atoms with Gasteiger partial charge in [0.25, 0.3) is 11.8 Å². The van der Waals surface area contributed by atoms with Crippen LogP contribution < -0.4 is 5.32 Å². The molecule has 162 valence electrons. The van der Waals surface area contributed by atoms with Crippen LogP contribution in [0.15, 0.2) is 53.0 Å². The molecule has 8 heteroatoms. The Balaban J connectivity index is 1.66. The van der Waals surface area contributed by atoms with Gasteiger partial charge in [0.05, 0.1) is 11.1 Å². The second-order valence-corrected chi connectivity index (χ2v) is 8.27. The number of likely N-dealkylation sites (N-methyl/N-ethyl adjacent to an activating group) is 1. The fourth-order valence-corrected chi connectivity index (χ4v) is 4.04. The molecule has 1 aliphatic heterocycles. The molecule has 0 saturated carbocycles. The first-order valence-corrected chi connectivity index (χ1v) is 10.8. The van der Waals surface area contributed by atoms with Gasteiger partial charge in [0.2, 0.25) is 11.8 Å². The van der Waals surface area contributed by atoms with E-state index in [-0.39, 0.29) is 43.1 Å². The van der Waals surface area contributed by atoms with Crippen molar-refractivity contribution in [2.24, 2.45) is 0 Å². The fourth-order valence-electron chi connectivity index (χ4n) is 3.60. The summed E-state index contributed by atoms with van der Waals surface area (Å²) < 4.78 is 0.885. The van der Waals surface area contributed by atoms with Crippen LogP contribution in [0.4, 0.5) is 0 Å². The third-order valence-corrected chi connectivity index (χ3v) is 5.80. The van der Waals surface area contributed by atoms with E-state index in [4.69, 9.17) is 0 Å². The lowest BCUT2D eigenvalue weighted by Gasteiger charge is -2.28. The van der Waals surface area contributed by atoms with Gasteiger partial charge in [-0.05, 0) is 43.2 Å². The number of rotatable bonds is 8. The zero-order valence-corrected chi connectivity index (χ0v) is 19.0. The van der Waals surface area contributed by atoms with Crippen LogP contribution in [0.25, 0.3) is 0 Å². The van der Waals surface area contributed by atoms with Crippen LogP contribution in [-0.4, -0.2) is 53.1 Å². The van der Waals surface area contributed by atoms with E-state index in [0.29, 0.717) is 17.5 Å². The maximum absolute atomic E-state index is 13.0. The largest absolute Gasteiger partial charge is 0.357 e. The summed E-state index contributed by atoms with van der Waals surface area (Å²) in [5.41, 5.74) is 1.67. The molecule has 3 rings (SSSR count). The van der Waals surface area contributed by atoms with Gasteiger partial charge in [-0.15, -0.1) is 0 Å². The van der Waals surface area contributed by atoms with Crippen LogP contribution in [0, 0.1) is 0 Å². The number of carbonyl (C=O) groups excluding carboxylic acids is 4. The standard InChI is InChI=1S/C23H24BrN3O4/c1-15(21(29)25-2)27(14-16-7-5-8-17(24)13-16)20(28)11-6-12-26-22(30)18-9-3-4-10-19(18)23(26)31/h3-5,7-10,13,15H,6,11-12,14H2,1-2H3,(H,25,29). The number of amides is 4. The Morgan fingerprint density at radius 2 is 1.71 bits per heavy atom. The van der Waals surface area contributed by atoms with Gasteiger partial charge in [-0.1, -0.05) is 40.2 Å². The van der Waals surface area contributed by atoms with Crippen LogP contribution in [0.1, 0.15) is 46.0 Å². The summed E-state index contributed by atoms with van der Waals surface area (Å²) in [6.07, 6.45) is 0.433. The number of halogens is 1. The molecular formula is C23H24BrN3O4. The van der Waals surface area contributed by atoms with Gasteiger partial charge < -0.3 is 10.2 Å². The van der Waals surface area contributed by atoms with Crippen molar-refractivity contribution in [1.82, 2.24) is 15.1 Å².